The van der Waals surface area contributed by atoms with Crippen molar-refractivity contribution in [3.05, 3.63) is 42.0 Å². The van der Waals surface area contributed by atoms with E-state index in [1.165, 1.54) is 29.2 Å². The summed E-state index contributed by atoms with van der Waals surface area (Å²) in [6.45, 7) is 7.65. The third-order valence-corrected chi connectivity index (χ3v) is 3.83. The Morgan fingerprint density at radius 1 is 1.05 bits per heavy atom. The Morgan fingerprint density at radius 3 is 2.40 bits per heavy atom. The van der Waals surface area contributed by atoms with Gasteiger partial charge in [-0.1, -0.05) is 43.7 Å². The van der Waals surface area contributed by atoms with Gasteiger partial charge >= 0.3 is 0 Å². The molecule has 2 nitrogen and oxygen atoms in total. The van der Waals surface area contributed by atoms with Crippen molar-refractivity contribution in [1.29, 1.82) is 0 Å². The molecule has 0 atom stereocenters. The summed E-state index contributed by atoms with van der Waals surface area (Å²) in [6, 6.07) is 12.7. The second kappa shape index (κ2) is 6.27. The highest BCUT2D eigenvalue weighted by atomic mass is 16.5. The Labute approximate surface area is 122 Å². The maximum Gasteiger partial charge on any atom is 0.126 e. The molecule has 108 valence electrons. The van der Waals surface area contributed by atoms with E-state index in [4.69, 9.17) is 4.74 Å². The number of nitrogens with one attached hydrogen (secondary N) is 1. The van der Waals surface area contributed by atoms with Gasteiger partial charge in [0.05, 0.1) is 7.11 Å². The highest BCUT2D eigenvalue weighted by Gasteiger charge is 2.16. The van der Waals surface area contributed by atoms with Crippen molar-refractivity contribution >= 4 is 10.8 Å². The van der Waals surface area contributed by atoms with Crippen LogP contribution in [-0.4, -0.2) is 12.6 Å². The van der Waals surface area contributed by atoms with Gasteiger partial charge in [0.1, 0.15) is 5.75 Å². The summed E-state index contributed by atoms with van der Waals surface area (Å²) in [4.78, 5) is 0. The van der Waals surface area contributed by atoms with Gasteiger partial charge in [-0.2, -0.15) is 0 Å². The van der Waals surface area contributed by atoms with Crippen LogP contribution in [0.15, 0.2) is 36.4 Å². The first-order chi connectivity index (χ1) is 9.57. The molecule has 1 N–H and O–H groups in total. The molecule has 0 radical (unpaired) electrons. The van der Waals surface area contributed by atoms with Crippen molar-refractivity contribution in [2.45, 2.75) is 45.7 Å². The lowest BCUT2D eigenvalue weighted by Gasteiger charge is -2.26. The molecule has 0 fully saturated rings. The lowest BCUT2D eigenvalue weighted by molar-refractivity contribution is 0.357. The molecule has 0 saturated carbocycles. The zero-order valence-corrected chi connectivity index (χ0v) is 13.0. The van der Waals surface area contributed by atoms with E-state index in [1.54, 1.807) is 7.11 Å². The Morgan fingerprint density at radius 2 is 1.75 bits per heavy atom. The number of hydrogen-bond acceptors (Lipinski definition) is 2. The van der Waals surface area contributed by atoms with Crippen LogP contribution in [0.3, 0.4) is 0 Å². The average Bonchev–Trinajstić information content (AvgIpc) is 2.44. The van der Waals surface area contributed by atoms with Crippen LogP contribution >= 0.6 is 0 Å². The summed E-state index contributed by atoms with van der Waals surface area (Å²) < 4.78 is 5.45. The van der Waals surface area contributed by atoms with E-state index >= 15 is 0 Å². The first kappa shape index (κ1) is 14.9. The van der Waals surface area contributed by atoms with Gasteiger partial charge in [-0.25, -0.2) is 0 Å². The smallest absolute Gasteiger partial charge is 0.126 e. The molecule has 0 heterocycles. The average molecular weight is 271 g/mol. The molecule has 2 heteroatoms. The molecule has 2 rings (SSSR count). The van der Waals surface area contributed by atoms with Crippen molar-refractivity contribution in [3.8, 4) is 5.75 Å². The van der Waals surface area contributed by atoms with E-state index in [1.807, 2.05) is 0 Å². The summed E-state index contributed by atoms with van der Waals surface area (Å²) in [5.41, 5.74) is 1.50. The number of rotatable bonds is 6. The van der Waals surface area contributed by atoms with Crippen LogP contribution in [-0.2, 0) is 6.54 Å². The lowest BCUT2D eigenvalue weighted by atomic mass is 9.97. The van der Waals surface area contributed by atoms with E-state index < -0.39 is 0 Å². The van der Waals surface area contributed by atoms with Gasteiger partial charge in [-0.3, -0.25) is 0 Å². The van der Waals surface area contributed by atoms with E-state index in [2.05, 4.69) is 62.5 Å². The maximum atomic E-state index is 5.45. The zero-order valence-electron chi connectivity index (χ0n) is 13.0. The predicted octanol–water partition coefficient (Wildman–Crippen LogP) is 4.52. The van der Waals surface area contributed by atoms with Crippen LogP contribution in [0.25, 0.3) is 10.8 Å². The largest absolute Gasteiger partial charge is 0.496 e. The zero-order chi connectivity index (χ0) is 14.6. The topological polar surface area (TPSA) is 21.3 Å². The molecule has 0 spiro atoms. The van der Waals surface area contributed by atoms with Gasteiger partial charge in [0, 0.05) is 17.5 Å². The predicted molar refractivity (Wildman–Crippen MR) is 86.3 cm³/mol. The number of methoxy groups -OCH3 is 1. The van der Waals surface area contributed by atoms with Crippen molar-refractivity contribution < 1.29 is 4.74 Å². The number of benzene rings is 2. The lowest BCUT2D eigenvalue weighted by Crippen LogP contribution is -2.38. The van der Waals surface area contributed by atoms with Crippen molar-refractivity contribution in [2.75, 3.05) is 7.11 Å². The van der Waals surface area contributed by atoms with Crippen molar-refractivity contribution in [2.24, 2.45) is 0 Å². The molecule has 20 heavy (non-hydrogen) atoms. The second-order valence-corrected chi connectivity index (χ2v) is 5.96. The van der Waals surface area contributed by atoms with Crippen LogP contribution in [0.2, 0.25) is 0 Å². The van der Waals surface area contributed by atoms with Crippen LogP contribution in [0, 0.1) is 0 Å². The second-order valence-electron chi connectivity index (χ2n) is 5.96. The highest BCUT2D eigenvalue weighted by Crippen LogP contribution is 2.28. The van der Waals surface area contributed by atoms with Crippen LogP contribution < -0.4 is 10.1 Å². The highest BCUT2D eigenvalue weighted by molar-refractivity contribution is 5.91. The van der Waals surface area contributed by atoms with E-state index in [0.29, 0.717) is 0 Å². The molecule has 2 aromatic carbocycles. The summed E-state index contributed by atoms with van der Waals surface area (Å²) >= 11 is 0. The molecule has 0 unspecified atom stereocenters. The standard InChI is InChI=1S/C18H25NO/c1-5-12-18(2,3)19-13-14-10-11-17(20-4)16-9-7-6-8-15(14)16/h6-11,19H,5,12-13H2,1-4H3. The molecule has 0 aliphatic rings. The van der Waals surface area contributed by atoms with Gasteiger partial charge in [-0.15, -0.1) is 0 Å². The first-order valence-electron chi connectivity index (χ1n) is 7.37. The Kier molecular flexibility index (Phi) is 4.66. The molecule has 0 aromatic heterocycles. The van der Waals surface area contributed by atoms with Gasteiger partial charge in [0.25, 0.3) is 0 Å². The molecular formula is C18H25NO. The minimum Gasteiger partial charge on any atom is -0.496 e. The fraction of sp³-hybridized carbons (Fsp3) is 0.444. The summed E-state index contributed by atoms with van der Waals surface area (Å²) in [6.07, 6.45) is 2.38. The molecule has 2 aromatic rings. The van der Waals surface area contributed by atoms with Crippen molar-refractivity contribution in [3.63, 3.8) is 0 Å². The normalized spacial score (nSPS) is 11.8. The molecular weight excluding hydrogens is 246 g/mol. The maximum absolute atomic E-state index is 5.45. The van der Waals surface area contributed by atoms with Gasteiger partial charge in [0.15, 0.2) is 0 Å². The van der Waals surface area contributed by atoms with E-state index in [0.717, 1.165) is 12.3 Å². The minimum atomic E-state index is 0.176. The Bertz CT molecular complexity index is 575. The fourth-order valence-electron chi connectivity index (χ4n) is 2.71. The number of fused-ring (bicyclic) bond motifs is 1. The SMILES string of the molecule is CCCC(C)(C)NCc1ccc(OC)c2ccccc12. The van der Waals surface area contributed by atoms with Crippen molar-refractivity contribution in [1.82, 2.24) is 5.32 Å². The van der Waals surface area contributed by atoms with Gasteiger partial charge in [0.2, 0.25) is 0 Å². The van der Waals surface area contributed by atoms with E-state index in [-0.39, 0.29) is 5.54 Å². The summed E-state index contributed by atoms with van der Waals surface area (Å²) in [5.74, 6) is 0.942. The molecule has 0 aliphatic heterocycles. The molecule has 0 amide bonds. The summed E-state index contributed by atoms with van der Waals surface area (Å²) in [7, 11) is 1.73. The monoisotopic (exact) mass is 271 g/mol. The molecule has 0 aliphatic carbocycles. The van der Waals surface area contributed by atoms with Crippen LogP contribution in [0.1, 0.15) is 39.2 Å². The quantitative estimate of drug-likeness (QED) is 0.834. The van der Waals surface area contributed by atoms with Gasteiger partial charge in [-0.05, 0) is 37.3 Å². The summed E-state index contributed by atoms with van der Waals surface area (Å²) in [5, 5.41) is 6.12. The molecule has 0 bridgehead atoms. The van der Waals surface area contributed by atoms with E-state index in [9.17, 15) is 0 Å². The minimum absolute atomic E-state index is 0.176. The van der Waals surface area contributed by atoms with Gasteiger partial charge < -0.3 is 10.1 Å². The Balaban J connectivity index is 2.27. The fourth-order valence-corrected chi connectivity index (χ4v) is 2.71. The van der Waals surface area contributed by atoms with Crippen LogP contribution in [0.5, 0.6) is 5.75 Å². The third kappa shape index (κ3) is 3.31. The first-order valence-corrected chi connectivity index (χ1v) is 7.37. The number of ether oxygens (including phenoxy) is 1. The molecule has 0 saturated heterocycles. The number of hydrogen-bond donors (Lipinski definition) is 1. The Hall–Kier alpha value is -1.54. The third-order valence-electron chi connectivity index (χ3n) is 3.83. The van der Waals surface area contributed by atoms with Crippen LogP contribution in [0.4, 0.5) is 0 Å².